The molecule has 0 unspecified atom stereocenters. The Labute approximate surface area is 219 Å². The largest absolute Gasteiger partial charge is 0.490 e. The topological polar surface area (TPSA) is 118 Å². The number of nitrogens with one attached hydrogen (secondary N) is 3. The SMILES string of the molecule is CCOc1cc(/C=N\NC(=O)C(=O)Nc2cccc(Cl)c2)ccc1OCC(=O)Nc1cc(C)cc(C)c1. The van der Waals surface area contributed by atoms with Gasteiger partial charge in [0, 0.05) is 16.4 Å². The number of nitrogens with zero attached hydrogens (tertiary/aromatic N) is 1. The molecule has 9 nitrogen and oxygen atoms in total. The Morgan fingerprint density at radius 1 is 0.865 bits per heavy atom. The van der Waals surface area contributed by atoms with E-state index in [1.165, 1.54) is 12.3 Å². The Bertz CT molecular complexity index is 1310. The molecule has 0 atom stereocenters. The number of hydrogen-bond acceptors (Lipinski definition) is 6. The van der Waals surface area contributed by atoms with Crippen molar-refractivity contribution >= 4 is 46.9 Å². The first-order valence-electron chi connectivity index (χ1n) is 11.4. The summed E-state index contributed by atoms with van der Waals surface area (Å²) in [5.74, 6) is -1.37. The van der Waals surface area contributed by atoms with Crippen LogP contribution >= 0.6 is 11.6 Å². The van der Waals surface area contributed by atoms with Crippen LogP contribution in [0.5, 0.6) is 11.5 Å². The Balaban J connectivity index is 1.56. The minimum Gasteiger partial charge on any atom is -0.490 e. The Morgan fingerprint density at radius 2 is 1.62 bits per heavy atom. The molecule has 3 aromatic carbocycles. The second kappa shape index (κ2) is 13.1. The zero-order chi connectivity index (χ0) is 26.8. The maximum absolute atomic E-state index is 12.4. The second-order valence-electron chi connectivity index (χ2n) is 8.02. The van der Waals surface area contributed by atoms with Crippen LogP contribution in [-0.2, 0) is 14.4 Å². The molecule has 3 N–H and O–H groups in total. The number of carbonyl (C=O) groups is 3. The van der Waals surface area contributed by atoms with E-state index in [9.17, 15) is 14.4 Å². The Hall–Kier alpha value is -4.37. The van der Waals surface area contributed by atoms with Crippen LogP contribution in [0.15, 0.2) is 65.8 Å². The maximum Gasteiger partial charge on any atom is 0.329 e. The van der Waals surface area contributed by atoms with Gasteiger partial charge in [0.1, 0.15) is 0 Å². The summed E-state index contributed by atoms with van der Waals surface area (Å²) in [6.45, 7) is 5.89. The van der Waals surface area contributed by atoms with Gasteiger partial charge in [-0.3, -0.25) is 14.4 Å². The van der Waals surface area contributed by atoms with E-state index in [1.807, 2.05) is 39.0 Å². The predicted octanol–water partition coefficient (Wildman–Crippen LogP) is 4.46. The minimum atomic E-state index is -0.948. The van der Waals surface area contributed by atoms with Crippen LogP contribution < -0.4 is 25.5 Å². The van der Waals surface area contributed by atoms with E-state index >= 15 is 0 Å². The van der Waals surface area contributed by atoms with Crippen LogP contribution in [0.3, 0.4) is 0 Å². The third kappa shape index (κ3) is 8.66. The van der Waals surface area contributed by atoms with Crippen molar-refractivity contribution in [3.05, 3.63) is 82.4 Å². The highest BCUT2D eigenvalue weighted by Gasteiger charge is 2.13. The zero-order valence-electron chi connectivity index (χ0n) is 20.6. The van der Waals surface area contributed by atoms with Gasteiger partial charge in [0.25, 0.3) is 5.91 Å². The van der Waals surface area contributed by atoms with Gasteiger partial charge in [0.15, 0.2) is 18.1 Å². The van der Waals surface area contributed by atoms with Gasteiger partial charge >= 0.3 is 11.8 Å². The lowest BCUT2D eigenvalue weighted by molar-refractivity contribution is -0.136. The van der Waals surface area contributed by atoms with Gasteiger partial charge in [-0.1, -0.05) is 23.7 Å². The third-order valence-corrected chi connectivity index (χ3v) is 5.04. The number of ether oxygens (including phenoxy) is 2. The molecule has 37 heavy (non-hydrogen) atoms. The lowest BCUT2D eigenvalue weighted by Gasteiger charge is -2.13. The second-order valence-corrected chi connectivity index (χ2v) is 8.45. The van der Waals surface area contributed by atoms with Gasteiger partial charge in [0.2, 0.25) is 0 Å². The summed E-state index contributed by atoms with van der Waals surface area (Å²) in [5, 5.41) is 9.49. The summed E-state index contributed by atoms with van der Waals surface area (Å²) in [7, 11) is 0. The maximum atomic E-state index is 12.4. The highest BCUT2D eigenvalue weighted by molar-refractivity contribution is 6.39. The fourth-order valence-corrected chi connectivity index (χ4v) is 3.54. The van der Waals surface area contributed by atoms with Crippen molar-refractivity contribution in [1.29, 1.82) is 0 Å². The zero-order valence-corrected chi connectivity index (χ0v) is 21.4. The molecule has 0 spiro atoms. The van der Waals surface area contributed by atoms with Gasteiger partial charge in [-0.25, -0.2) is 5.43 Å². The summed E-state index contributed by atoms with van der Waals surface area (Å²) >= 11 is 5.87. The summed E-state index contributed by atoms with van der Waals surface area (Å²) in [4.78, 5) is 36.4. The third-order valence-electron chi connectivity index (χ3n) is 4.80. The molecule has 3 rings (SSSR count). The summed E-state index contributed by atoms with van der Waals surface area (Å²) in [6, 6.07) is 17.1. The van der Waals surface area contributed by atoms with Gasteiger partial charge in [-0.15, -0.1) is 0 Å². The fourth-order valence-electron chi connectivity index (χ4n) is 3.35. The lowest BCUT2D eigenvalue weighted by atomic mass is 10.1. The molecule has 0 radical (unpaired) electrons. The normalized spacial score (nSPS) is 10.6. The highest BCUT2D eigenvalue weighted by Crippen LogP contribution is 2.28. The van der Waals surface area contributed by atoms with Crippen LogP contribution in [0.4, 0.5) is 11.4 Å². The number of hydrazone groups is 1. The number of hydrogen-bond donors (Lipinski definition) is 3. The first-order chi connectivity index (χ1) is 17.7. The number of aryl methyl sites for hydroxylation is 2. The molecule has 3 aromatic rings. The average Bonchev–Trinajstić information content (AvgIpc) is 2.83. The number of amides is 3. The number of anilines is 2. The van der Waals surface area contributed by atoms with E-state index in [1.54, 1.807) is 36.4 Å². The van der Waals surface area contributed by atoms with Crippen molar-refractivity contribution in [1.82, 2.24) is 5.43 Å². The molecular weight excluding hydrogens is 496 g/mol. The smallest absolute Gasteiger partial charge is 0.329 e. The van der Waals surface area contributed by atoms with E-state index in [2.05, 4.69) is 21.2 Å². The molecule has 0 fully saturated rings. The van der Waals surface area contributed by atoms with E-state index in [0.29, 0.717) is 40.1 Å². The van der Waals surface area contributed by atoms with Crippen molar-refractivity contribution in [2.24, 2.45) is 5.10 Å². The van der Waals surface area contributed by atoms with E-state index in [4.69, 9.17) is 21.1 Å². The van der Waals surface area contributed by atoms with E-state index < -0.39 is 11.8 Å². The monoisotopic (exact) mass is 522 g/mol. The number of benzene rings is 3. The van der Waals surface area contributed by atoms with Gasteiger partial charge < -0.3 is 20.1 Å². The summed E-state index contributed by atoms with van der Waals surface area (Å²) in [5.41, 5.74) is 5.92. The Morgan fingerprint density at radius 3 is 2.32 bits per heavy atom. The average molecular weight is 523 g/mol. The quantitative estimate of drug-likeness (QED) is 0.218. The van der Waals surface area contributed by atoms with Gasteiger partial charge in [-0.05, 0) is 86.0 Å². The number of carbonyl (C=O) groups excluding carboxylic acids is 3. The molecular formula is C27H27ClN4O5. The molecule has 0 aliphatic heterocycles. The summed E-state index contributed by atoms with van der Waals surface area (Å²) in [6.07, 6.45) is 1.35. The van der Waals surface area contributed by atoms with Crippen LogP contribution in [0.25, 0.3) is 0 Å². The predicted molar refractivity (Wildman–Crippen MR) is 143 cm³/mol. The van der Waals surface area contributed by atoms with Crippen molar-refractivity contribution < 1.29 is 23.9 Å². The van der Waals surface area contributed by atoms with Crippen LogP contribution in [0.1, 0.15) is 23.6 Å². The molecule has 192 valence electrons. The van der Waals surface area contributed by atoms with Gasteiger partial charge in [-0.2, -0.15) is 5.10 Å². The van der Waals surface area contributed by atoms with Crippen molar-refractivity contribution in [3.8, 4) is 11.5 Å². The van der Waals surface area contributed by atoms with Crippen molar-refractivity contribution in [3.63, 3.8) is 0 Å². The Kier molecular flexibility index (Phi) is 9.62. The minimum absolute atomic E-state index is 0.210. The van der Waals surface area contributed by atoms with Crippen LogP contribution in [0, 0.1) is 13.8 Å². The fraction of sp³-hybridized carbons (Fsp3) is 0.185. The molecule has 0 bridgehead atoms. The molecule has 0 heterocycles. The van der Waals surface area contributed by atoms with Crippen LogP contribution in [0.2, 0.25) is 5.02 Å². The van der Waals surface area contributed by atoms with E-state index in [-0.39, 0.29) is 12.5 Å². The van der Waals surface area contributed by atoms with E-state index in [0.717, 1.165) is 11.1 Å². The number of halogens is 1. The molecule has 3 amide bonds. The first-order valence-corrected chi connectivity index (χ1v) is 11.8. The molecule has 10 heteroatoms. The standard InChI is InChI=1S/C27H27ClN4O5/c1-4-36-24-13-19(15-29-32-27(35)26(34)31-21-7-5-6-20(28)14-21)8-9-23(24)37-16-25(33)30-22-11-17(2)10-18(3)12-22/h5-15H,4,16H2,1-3H3,(H,30,33)(H,31,34)(H,32,35)/b29-15-. The lowest BCUT2D eigenvalue weighted by Crippen LogP contribution is -2.32. The highest BCUT2D eigenvalue weighted by atomic mass is 35.5. The van der Waals surface area contributed by atoms with Crippen molar-refractivity contribution in [2.45, 2.75) is 20.8 Å². The van der Waals surface area contributed by atoms with Crippen LogP contribution in [-0.4, -0.2) is 37.1 Å². The molecule has 0 saturated carbocycles. The molecule has 0 saturated heterocycles. The molecule has 0 aliphatic carbocycles. The molecule has 0 aliphatic rings. The van der Waals surface area contributed by atoms with Gasteiger partial charge in [0.05, 0.1) is 12.8 Å². The van der Waals surface area contributed by atoms with Crippen molar-refractivity contribution in [2.75, 3.05) is 23.8 Å². The summed E-state index contributed by atoms with van der Waals surface area (Å²) < 4.78 is 11.3. The number of rotatable bonds is 9. The molecule has 0 aromatic heterocycles. The first kappa shape index (κ1) is 27.2.